The van der Waals surface area contributed by atoms with Gasteiger partial charge in [-0.25, -0.2) is 0 Å². The molecule has 1 saturated carbocycles. The molecule has 1 amide bonds. The SMILES string of the molecule is O=C(NNC=C1CCCCC1)c1ccc(Cl)cc1. The largest absolute Gasteiger partial charge is 0.306 e. The average molecular weight is 265 g/mol. The lowest BCUT2D eigenvalue weighted by atomic mass is 9.96. The van der Waals surface area contributed by atoms with Gasteiger partial charge in [0.05, 0.1) is 0 Å². The van der Waals surface area contributed by atoms with E-state index in [1.54, 1.807) is 24.3 Å². The highest BCUT2D eigenvalue weighted by Crippen LogP contribution is 2.21. The third-order valence-corrected chi connectivity index (χ3v) is 3.32. The van der Waals surface area contributed by atoms with Crippen LogP contribution >= 0.6 is 11.6 Å². The van der Waals surface area contributed by atoms with E-state index in [9.17, 15) is 4.79 Å². The third kappa shape index (κ3) is 3.77. The maximum absolute atomic E-state index is 11.8. The number of allylic oxidation sites excluding steroid dienone is 1. The van der Waals surface area contributed by atoms with Gasteiger partial charge < -0.3 is 5.43 Å². The summed E-state index contributed by atoms with van der Waals surface area (Å²) in [5, 5.41) is 0.629. The van der Waals surface area contributed by atoms with Crippen LogP contribution in [0.1, 0.15) is 42.5 Å². The molecule has 3 nitrogen and oxygen atoms in total. The summed E-state index contributed by atoms with van der Waals surface area (Å²) in [5.74, 6) is -0.153. The van der Waals surface area contributed by atoms with Crippen LogP contribution in [0.5, 0.6) is 0 Å². The predicted octanol–water partition coefficient (Wildman–Crippen LogP) is 3.42. The van der Waals surface area contributed by atoms with Gasteiger partial charge in [-0.3, -0.25) is 10.2 Å². The quantitative estimate of drug-likeness (QED) is 0.822. The van der Waals surface area contributed by atoms with Gasteiger partial charge in [0.2, 0.25) is 0 Å². The summed E-state index contributed by atoms with van der Waals surface area (Å²) in [6, 6.07) is 6.81. The Morgan fingerprint density at radius 2 is 1.78 bits per heavy atom. The molecular weight excluding hydrogens is 248 g/mol. The van der Waals surface area contributed by atoms with Gasteiger partial charge >= 0.3 is 0 Å². The van der Waals surface area contributed by atoms with E-state index in [-0.39, 0.29) is 5.91 Å². The van der Waals surface area contributed by atoms with Crippen molar-refractivity contribution >= 4 is 17.5 Å². The van der Waals surface area contributed by atoms with Gasteiger partial charge in [-0.2, -0.15) is 0 Å². The molecule has 4 heteroatoms. The number of halogens is 1. The van der Waals surface area contributed by atoms with E-state index in [0.717, 1.165) is 12.8 Å². The zero-order chi connectivity index (χ0) is 12.8. The van der Waals surface area contributed by atoms with Crippen molar-refractivity contribution in [3.63, 3.8) is 0 Å². The van der Waals surface area contributed by atoms with E-state index in [2.05, 4.69) is 10.9 Å². The highest BCUT2D eigenvalue weighted by atomic mass is 35.5. The normalized spacial score (nSPS) is 15.1. The Balaban J connectivity index is 1.82. The highest BCUT2D eigenvalue weighted by Gasteiger charge is 2.06. The molecule has 96 valence electrons. The molecule has 0 radical (unpaired) electrons. The van der Waals surface area contributed by atoms with E-state index in [1.165, 1.54) is 24.8 Å². The van der Waals surface area contributed by atoms with Gasteiger partial charge in [-0.05, 0) is 49.9 Å². The van der Waals surface area contributed by atoms with E-state index in [0.29, 0.717) is 10.6 Å². The first-order valence-electron chi connectivity index (χ1n) is 6.25. The number of nitrogens with one attached hydrogen (secondary N) is 2. The minimum absolute atomic E-state index is 0.153. The first-order chi connectivity index (χ1) is 8.75. The van der Waals surface area contributed by atoms with Crippen LogP contribution in [0.15, 0.2) is 36.0 Å². The van der Waals surface area contributed by atoms with E-state index in [1.807, 2.05) is 6.20 Å². The second kappa shape index (κ2) is 6.45. The van der Waals surface area contributed by atoms with Crippen LogP contribution in [-0.4, -0.2) is 5.91 Å². The maximum Gasteiger partial charge on any atom is 0.269 e. The van der Waals surface area contributed by atoms with Gasteiger partial charge in [0, 0.05) is 16.8 Å². The fourth-order valence-electron chi connectivity index (χ4n) is 2.03. The molecular formula is C14H17ClN2O. The topological polar surface area (TPSA) is 41.1 Å². The van der Waals surface area contributed by atoms with Crippen molar-refractivity contribution in [3.8, 4) is 0 Å². The Morgan fingerprint density at radius 1 is 1.11 bits per heavy atom. The van der Waals surface area contributed by atoms with Gasteiger partial charge in [0.15, 0.2) is 0 Å². The molecule has 0 atom stereocenters. The fraction of sp³-hybridized carbons (Fsp3) is 0.357. The van der Waals surface area contributed by atoms with Crippen molar-refractivity contribution in [2.24, 2.45) is 0 Å². The number of benzene rings is 1. The number of carbonyl (C=O) groups excluding carboxylic acids is 1. The zero-order valence-electron chi connectivity index (χ0n) is 10.2. The number of amides is 1. The average Bonchev–Trinajstić information content (AvgIpc) is 2.40. The zero-order valence-corrected chi connectivity index (χ0v) is 11.0. The van der Waals surface area contributed by atoms with Crippen LogP contribution in [0.4, 0.5) is 0 Å². The Labute approximate surface area is 112 Å². The Bertz CT molecular complexity index is 432. The first kappa shape index (κ1) is 13.0. The van der Waals surface area contributed by atoms with Crippen LogP contribution < -0.4 is 10.9 Å². The second-order valence-corrected chi connectivity index (χ2v) is 4.91. The van der Waals surface area contributed by atoms with E-state index < -0.39 is 0 Å². The lowest BCUT2D eigenvalue weighted by Crippen LogP contribution is -2.33. The van der Waals surface area contributed by atoms with Crippen molar-refractivity contribution in [2.45, 2.75) is 32.1 Å². The van der Waals surface area contributed by atoms with Gasteiger partial charge in [-0.1, -0.05) is 23.6 Å². The maximum atomic E-state index is 11.8. The molecule has 1 aliphatic carbocycles. The number of hydrazine groups is 1. The molecule has 18 heavy (non-hydrogen) atoms. The summed E-state index contributed by atoms with van der Waals surface area (Å²) in [6.07, 6.45) is 7.98. The van der Waals surface area contributed by atoms with Gasteiger partial charge in [0.25, 0.3) is 5.91 Å². The minimum atomic E-state index is -0.153. The summed E-state index contributed by atoms with van der Waals surface area (Å²) >= 11 is 5.77. The highest BCUT2D eigenvalue weighted by molar-refractivity contribution is 6.30. The van der Waals surface area contributed by atoms with Crippen LogP contribution in [0, 0.1) is 0 Å². The van der Waals surface area contributed by atoms with Crippen molar-refractivity contribution in [1.82, 2.24) is 10.9 Å². The monoisotopic (exact) mass is 264 g/mol. The van der Waals surface area contributed by atoms with Crippen molar-refractivity contribution < 1.29 is 4.79 Å². The third-order valence-electron chi connectivity index (χ3n) is 3.06. The molecule has 1 fully saturated rings. The molecule has 0 saturated heterocycles. The van der Waals surface area contributed by atoms with Crippen LogP contribution in [0.25, 0.3) is 0 Å². The molecule has 0 aromatic heterocycles. The summed E-state index contributed by atoms with van der Waals surface area (Å²) in [7, 11) is 0. The standard InChI is InChI=1S/C14H17ClN2O/c15-13-8-6-12(7-9-13)14(18)17-16-10-11-4-2-1-3-5-11/h6-10,16H,1-5H2,(H,17,18). The molecule has 0 heterocycles. The van der Waals surface area contributed by atoms with E-state index in [4.69, 9.17) is 11.6 Å². The van der Waals surface area contributed by atoms with Crippen LogP contribution in [0.2, 0.25) is 5.02 Å². The molecule has 0 unspecified atom stereocenters. The summed E-state index contributed by atoms with van der Waals surface area (Å²) in [5.41, 5.74) is 7.50. The minimum Gasteiger partial charge on any atom is -0.306 e. The van der Waals surface area contributed by atoms with Crippen molar-refractivity contribution in [3.05, 3.63) is 46.6 Å². The summed E-state index contributed by atoms with van der Waals surface area (Å²) in [4.78, 5) is 11.8. The lowest BCUT2D eigenvalue weighted by Gasteiger charge is -2.14. The van der Waals surface area contributed by atoms with E-state index >= 15 is 0 Å². The molecule has 1 aromatic rings. The Hall–Kier alpha value is -1.48. The summed E-state index contributed by atoms with van der Waals surface area (Å²) in [6.45, 7) is 0. The summed E-state index contributed by atoms with van der Waals surface area (Å²) < 4.78 is 0. The lowest BCUT2D eigenvalue weighted by molar-refractivity contribution is 0.0941. The molecule has 0 aliphatic heterocycles. The second-order valence-electron chi connectivity index (χ2n) is 4.47. The smallest absolute Gasteiger partial charge is 0.269 e. The predicted molar refractivity (Wildman–Crippen MR) is 73.2 cm³/mol. The number of hydrogen-bond donors (Lipinski definition) is 2. The molecule has 2 N–H and O–H groups in total. The molecule has 0 bridgehead atoms. The first-order valence-corrected chi connectivity index (χ1v) is 6.63. The van der Waals surface area contributed by atoms with Crippen LogP contribution in [-0.2, 0) is 0 Å². The Kier molecular flexibility index (Phi) is 4.65. The molecule has 0 spiro atoms. The number of rotatable bonds is 3. The van der Waals surface area contributed by atoms with Crippen molar-refractivity contribution in [1.29, 1.82) is 0 Å². The molecule has 1 aliphatic rings. The van der Waals surface area contributed by atoms with Crippen molar-refractivity contribution in [2.75, 3.05) is 0 Å². The molecule has 1 aromatic carbocycles. The number of carbonyl (C=O) groups is 1. The molecule has 2 rings (SSSR count). The van der Waals surface area contributed by atoms with Gasteiger partial charge in [-0.15, -0.1) is 0 Å². The fourth-order valence-corrected chi connectivity index (χ4v) is 2.15. The van der Waals surface area contributed by atoms with Gasteiger partial charge in [0.1, 0.15) is 0 Å². The number of hydrogen-bond acceptors (Lipinski definition) is 2. The van der Waals surface area contributed by atoms with Crippen LogP contribution in [0.3, 0.4) is 0 Å². The Morgan fingerprint density at radius 3 is 2.44 bits per heavy atom.